The van der Waals surface area contributed by atoms with Crippen molar-refractivity contribution in [3.8, 4) is 0 Å². The van der Waals surface area contributed by atoms with E-state index in [-0.39, 0.29) is 24.0 Å². The molecule has 9 nitrogen and oxygen atoms in total. The van der Waals surface area contributed by atoms with E-state index in [1.54, 1.807) is 17.0 Å². The van der Waals surface area contributed by atoms with Crippen LogP contribution in [0.1, 0.15) is 61.5 Å². The summed E-state index contributed by atoms with van der Waals surface area (Å²) in [6.45, 7) is 7.89. The highest BCUT2D eigenvalue weighted by Gasteiger charge is 2.38. The zero-order valence-electron chi connectivity index (χ0n) is 20.7. The highest BCUT2D eigenvalue weighted by atomic mass is 16.5. The van der Waals surface area contributed by atoms with Gasteiger partial charge < -0.3 is 20.5 Å². The van der Waals surface area contributed by atoms with Gasteiger partial charge in [-0.25, -0.2) is 4.79 Å². The van der Waals surface area contributed by atoms with Crippen molar-refractivity contribution >= 4 is 17.8 Å². The molecule has 1 heterocycles. The summed E-state index contributed by atoms with van der Waals surface area (Å²) in [6, 6.07) is 6.79. The lowest BCUT2D eigenvalue weighted by Gasteiger charge is -2.38. The van der Waals surface area contributed by atoms with Gasteiger partial charge in [-0.15, -0.1) is 0 Å². The number of aromatic nitrogens is 2. The molecular weight excluding hydrogens is 448 g/mol. The molecule has 0 aliphatic heterocycles. The molecule has 3 N–H and O–H groups in total. The number of carbonyl (C=O) groups is 3. The van der Waals surface area contributed by atoms with Crippen LogP contribution in [0.4, 0.5) is 0 Å². The van der Waals surface area contributed by atoms with Crippen LogP contribution in [0.5, 0.6) is 0 Å². The van der Waals surface area contributed by atoms with Gasteiger partial charge in [-0.1, -0.05) is 43.7 Å². The van der Waals surface area contributed by atoms with E-state index < -0.39 is 30.1 Å². The summed E-state index contributed by atoms with van der Waals surface area (Å²) < 4.78 is 7.83. The zero-order chi connectivity index (χ0) is 25.5. The Kier molecular flexibility index (Phi) is 8.81. The van der Waals surface area contributed by atoms with Crippen LogP contribution in [-0.2, 0) is 20.9 Å². The van der Waals surface area contributed by atoms with E-state index >= 15 is 0 Å². The Morgan fingerprint density at radius 3 is 2.46 bits per heavy atom. The minimum absolute atomic E-state index is 0.0618. The molecule has 0 fully saturated rings. The van der Waals surface area contributed by atoms with Crippen LogP contribution in [0.3, 0.4) is 0 Å². The topological polar surface area (TPSA) is 123 Å². The maximum Gasteiger partial charge on any atom is 0.331 e. The molecule has 1 aromatic carbocycles. The summed E-state index contributed by atoms with van der Waals surface area (Å²) in [6.07, 6.45) is 5.44. The van der Waals surface area contributed by atoms with Crippen LogP contribution in [0, 0.1) is 6.92 Å². The van der Waals surface area contributed by atoms with Gasteiger partial charge in [0.2, 0.25) is 5.91 Å². The van der Waals surface area contributed by atoms with Crippen molar-refractivity contribution in [2.45, 2.75) is 77.8 Å². The first kappa shape index (κ1) is 26.2. The predicted molar refractivity (Wildman–Crippen MR) is 131 cm³/mol. The Hall–Kier alpha value is -3.46. The Morgan fingerprint density at radius 1 is 1.17 bits per heavy atom. The third-order valence-electron chi connectivity index (χ3n) is 6.17. The smallest absolute Gasteiger partial charge is 0.331 e. The number of carboxylic acid groups (broad SMARTS) is 1. The van der Waals surface area contributed by atoms with Crippen molar-refractivity contribution in [3.05, 3.63) is 65.0 Å². The second kappa shape index (κ2) is 11.8. The van der Waals surface area contributed by atoms with Crippen LogP contribution in [0.15, 0.2) is 48.3 Å². The standard InChI is InChI=1S/C26H34N4O5/c1-5-21(6-2)35-23-12-19(26(33)34)11-22(24(23)28-17(4)31)29-25(32)20-13-27-30(15-20)14-18-9-7-16(3)8-10-18/h7-10,12-13,15,21-24H,5-6,11,14H2,1-4H3,(H,28,31)(H,29,32)(H,33,34)/t22-,23+,24+/m0/s1. The number of hydrogen-bond acceptors (Lipinski definition) is 5. The molecule has 188 valence electrons. The van der Waals surface area contributed by atoms with E-state index in [1.807, 2.05) is 45.0 Å². The van der Waals surface area contributed by atoms with Crippen LogP contribution >= 0.6 is 0 Å². The van der Waals surface area contributed by atoms with Crippen LogP contribution < -0.4 is 10.6 Å². The van der Waals surface area contributed by atoms with E-state index in [2.05, 4.69) is 15.7 Å². The highest BCUT2D eigenvalue weighted by Crippen LogP contribution is 2.25. The normalized spacial score (nSPS) is 19.8. The molecule has 1 aliphatic rings. The third kappa shape index (κ3) is 7.02. The van der Waals surface area contributed by atoms with Crippen molar-refractivity contribution in [1.29, 1.82) is 0 Å². The van der Waals surface area contributed by atoms with Crippen molar-refractivity contribution in [3.63, 3.8) is 0 Å². The maximum absolute atomic E-state index is 13.1. The number of benzene rings is 1. The molecule has 3 rings (SSSR count). The molecule has 0 saturated carbocycles. The average molecular weight is 483 g/mol. The van der Waals surface area contributed by atoms with Crippen molar-refractivity contribution in [2.75, 3.05) is 0 Å². The van der Waals surface area contributed by atoms with E-state index in [0.717, 1.165) is 24.0 Å². The van der Waals surface area contributed by atoms with Gasteiger partial charge in [0.1, 0.15) is 0 Å². The van der Waals surface area contributed by atoms with Crippen LogP contribution in [0.25, 0.3) is 0 Å². The van der Waals surface area contributed by atoms with Gasteiger partial charge in [-0.05, 0) is 31.4 Å². The van der Waals surface area contributed by atoms with Gasteiger partial charge in [0, 0.05) is 25.1 Å². The number of carbonyl (C=O) groups excluding carboxylic acids is 2. The van der Waals surface area contributed by atoms with Gasteiger partial charge in [0.05, 0.1) is 42.6 Å². The summed E-state index contributed by atoms with van der Waals surface area (Å²) in [5.74, 6) is -1.76. The molecule has 2 amide bonds. The number of aryl methyl sites for hydroxylation is 1. The molecular formula is C26H34N4O5. The largest absolute Gasteiger partial charge is 0.478 e. The lowest BCUT2D eigenvalue weighted by atomic mass is 9.87. The van der Waals surface area contributed by atoms with Crippen molar-refractivity contribution in [1.82, 2.24) is 20.4 Å². The highest BCUT2D eigenvalue weighted by molar-refractivity contribution is 5.94. The summed E-state index contributed by atoms with van der Waals surface area (Å²) in [5.41, 5.74) is 2.71. The van der Waals surface area contributed by atoms with Gasteiger partial charge in [-0.3, -0.25) is 14.3 Å². The lowest BCUT2D eigenvalue weighted by molar-refractivity contribution is -0.133. The van der Waals surface area contributed by atoms with Crippen molar-refractivity contribution in [2.24, 2.45) is 0 Å². The fourth-order valence-corrected chi connectivity index (χ4v) is 4.21. The van der Waals surface area contributed by atoms with Crippen LogP contribution in [-0.4, -0.2) is 57.0 Å². The summed E-state index contributed by atoms with van der Waals surface area (Å²) >= 11 is 0. The molecule has 0 unspecified atom stereocenters. The third-order valence-corrected chi connectivity index (χ3v) is 6.17. The number of nitrogens with zero attached hydrogens (tertiary/aromatic N) is 2. The first-order valence-electron chi connectivity index (χ1n) is 12.0. The number of hydrogen-bond donors (Lipinski definition) is 3. The van der Waals surface area contributed by atoms with E-state index in [0.29, 0.717) is 12.1 Å². The predicted octanol–water partition coefficient (Wildman–Crippen LogP) is 2.83. The number of rotatable bonds is 10. The Bertz CT molecular complexity index is 1070. The zero-order valence-corrected chi connectivity index (χ0v) is 20.7. The quantitative estimate of drug-likeness (QED) is 0.479. The summed E-state index contributed by atoms with van der Waals surface area (Å²) in [4.78, 5) is 36.9. The van der Waals surface area contributed by atoms with E-state index in [9.17, 15) is 19.5 Å². The number of ether oxygens (including phenoxy) is 1. The van der Waals surface area contributed by atoms with E-state index in [1.165, 1.54) is 13.1 Å². The molecule has 35 heavy (non-hydrogen) atoms. The molecule has 1 aromatic heterocycles. The molecule has 0 radical (unpaired) electrons. The first-order chi connectivity index (χ1) is 16.7. The Labute approximate surface area is 205 Å². The monoisotopic (exact) mass is 482 g/mol. The van der Waals surface area contributed by atoms with Gasteiger partial charge in [-0.2, -0.15) is 5.10 Å². The second-order valence-electron chi connectivity index (χ2n) is 8.96. The summed E-state index contributed by atoms with van der Waals surface area (Å²) in [7, 11) is 0. The fraction of sp³-hybridized carbons (Fsp3) is 0.462. The van der Waals surface area contributed by atoms with Crippen molar-refractivity contribution < 1.29 is 24.2 Å². The molecule has 3 atom stereocenters. The number of nitrogens with one attached hydrogen (secondary N) is 2. The molecule has 2 aromatic rings. The second-order valence-corrected chi connectivity index (χ2v) is 8.96. The van der Waals surface area contributed by atoms with Crippen LogP contribution in [0.2, 0.25) is 0 Å². The molecule has 0 bridgehead atoms. The SMILES string of the molecule is CCC(CC)O[C@@H]1C=C(C(=O)O)C[C@H](NC(=O)c2cnn(Cc3ccc(C)cc3)c2)[C@H]1NC(C)=O. The summed E-state index contributed by atoms with van der Waals surface area (Å²) in [5, 5.41) is 19.7. The average Bonchev–Trinajstić information content (AvgIpc) is 3.28. The Morgan fingerprint density at radius 2 is 1.86 bits per heavy atom. The maximum atomic E-state index is 13.1. The first-order valence-corrected chi connectivity index (χ1v) is 12.0. The lowest BCUT2D eigenvalue weighted by Crippen LogP contribution is -2.59. The number of aliphatic carboxylic acids is 1. The molecule has 1 aliphatic carbocycles. The molecule has 0 spiro atoms. The minimum atomic E-state index is -1.07. The fourth-order valence-electron chi connectivity index (χ4n) is 4.21. The van der Waals surface area contributed by atoms with Gasteiger partial charge in [0.25, 0.3) is 5.91 Å². The number of amides is 2. The van der Waals surface area contributed by atoms with E-state index in [4.69, 9.17) is 4.74 Å². The molecule has 9 heteroatoms. The van der Waals surface area contributed by atoms with Gasteiger partial charge >= 0.3 is 5.97 Å². The molecule has 0 saturated heterocycles. The Balaban J connectivity index is 1.79. The number of carboxylic acids is 1. The van der Waals surface area contributed by atoms with Gasteiger partial charge in [0.15, 0.2) is 0 Å². The minimum Gasteiger partial charge on any atom is -0.478 e.